The summed E-state index contributed by atoms with van der Waals surface area (Å²) in [4.78, 5) is 36.8. The van der Waals surface area contributed by atoms with Gasteiger partial charge in [-0.05, 0) is 5.41 Å². The van der Waals surface area contributed by atoms with Gasteiger partial charge in [0.25, 0.3) is 0 Å². The zero-order valence-corrected chi connectivity index (χ0v) is 14.2. The lowest BCUT2D eigenvalue weighted by atomic mass is 9.82. The van der Waals surface area contributed by atoms with Crippen molar-refractivity contribution in [2.75, 3.05) is 13.6 Å². The summed E-state index contributed by atoms with van der Waals surface area (Å²) < 4.78 is 0. The molecular weight excluding hydrogens is 294 g/mol. The molecule has 23 heavy (non-hydrogen) atoms. The smallest absolute Gasteiger partial charge is 0.308 e. The van der Waals surface area contributed by atoms with Gasteiger partial charge in [-0.25, -0.2) is 0 Å². The monoisotopic (exact) mass is 319 g/mol. The number of carbonyl (C=O) groups excluding carboxylic acids is 2. The number of hydrogen-bond donors (Lipinski definition) is 1. The predicted octanol–water partition coefficient (Wildman–Crippen LogP) is 2.85. The maximum atomic E-state index is 12.3. The molecule has 1 aromatic carbocycles. The van der Waals surface area contributed by atoms with Gasteiger partial charge in [-0.1, -0.05) is 51.1 Å². The Bertz CT molecular complexity index is 566. The molecule has 1 amide bonds. The van der Waals surface area contributed by atoms with Crippen molar-refractivity contribution in [3.63, 3.8) is 0 Å². The lowest BCUT2D eigenvalue weighted by molar-refractivity contribution is -0.142. The van der Waals surface area contributed by atoms with E-state index in [4.69, 9.17) is 5.11 Å². The lowest BCUT2D eigenvalue weighted by Crippen LogP contribution is -2.36. The molecule has 5 nitrogen and oxygen atoms in total. The minimum Gasteiger partial charge on any atom is -0.481 e. The minimum absolute atomic E-state index is 0.00459. The molecule has 0 spiro atoms. The van der Waals surface area contributed by atoms with E-state index in [0.717, 1.165) is 0 Å². The highest BCUT2D eigenvalue weighted by atomic mass is 16.4. The average Bonchev–Trinajstić information content (AvgIpc) is 2.46. The third-order valence-electron chi connectivity index (χ3n) is 3.76. The number of carbonyl (C=O) groups is 3. The third-order valence-corrected chi connectivity index (χ3v) is 3.76. The minimum atomic E-state index is -0.928. The molecule has 0 aromatic heterocycles. The van der Waals surface area contributed by atoms with Crippen LogP contribution in [0.3, 0.4) is 0 Å². The number of rotatable bonds is 8. The zero-order valence-electron chi connectivity index (χ0n) is 14.2. The van der Waals surface area contributed by atoms with Crippen molar-refractivity contribution in [2.24, 2.45) is 11.3 Å². The van der Waals surface area contributed by atoms with Gasteiger partial charge in [0.05, 0.1) is 5.92 Å². The number of carboxylic acid groups (broad SMARTS) is 1. The van der Waals surface area contributed by atoms with Crippen LogP contribution in [0.1, 0.15) is 44.0 Å². The van der Waals surface area contributed by atoms with Crippen molar-refractivity contribution < 1.29 is 19.5 Å². The van der Waals surface area contributed by atoms with Crippen LogP contribution in [0.25, 0.3) is 0 Å². The van der Waals surface area contributed by atoms with Gasteiger partial charge in [-0.2, -0.15) is 0 Å². The highest BCUT2D eigenvalue weighted by Gasteiger charge is 2.28. The number of amides is 1. The maximum absolute atomic E-state index is 12.3. The first-order valence-electron chi connectivity index (χ1n) is 7.67. The lowest BCUT2D eigenvalue weighted by Gasteiger charge is -2.27. The van der Waals surface area contributed by atoms with Gasteiger partial charge in [-0.15, -0.1) is 0 Å². The molecule has 0 aliphatic rings. The van der Waals surface area contributed by atoms with Crippen molar-refractivity contribution in [2.45, 2.75) is 33.6 Å². The average molecular weight is 319 g/mol. The van der Waals surface area contributed by atoms with Crippen LogP contribution in [-0.2, 0) is 9.59 Å². The fourth-order valence-electron chi connectivity index (χ4n) is 2.36. The van der Waals surface area contributed by atoms with E-state index in [1.807, 2.05) is 32.0 Å². The fraction of sp³-hybridized carbons (Fsp3) is 0.500. The van der Waals surface area contributed by atoms with Crippen LogP contribution in [0.4, 0.5) is 0 Å². The summed E-state index contributed by atoms with van der Waals surface area (Å²) >= 11 is 0. The quantitative estimate of drug-likeness (QED) is 0.748. The van der Waals surface area contributed by atoms with E-state index in [-0.39, 0.29) is 31.1 Å². The van der Waals surface area contributed by atoms with Crippen LogP contribution in [-0.4, -0.2) is 41.3 Å². The van der Waals surface area contributed by atoms with Crippen molar-refractivity contribution in [3.8, 4) is 0 Å². The standard InChI is InChI=1S/C18H25NO4/c1-13(17(22)23)12-19(4)16(21)11-18(2,3)10-15(20)14-8-6-5-7-9-14/h5-9,13H,10-12H2,1-4H3,(H,22,23). The first kappa shape index (κ1) is 18.9. The summed E-state index contributed by atoms with van der Waals surface area (Å²) in [6.45, 7) is 5.48. The third kappa shape index (κ3) is 6.22. The molecule has 1 N–H and O–H groups in total. The van der Waals surface area contributed by atoms with E-state index in [1.54, 1.807) is 26.1 Å². The maximum Gasteiger partial charge on any atom is 0.308 e. The molecule has 5 heteroatoms. The van der Waals surface area contributed by atoms with E-state index < -0.39 is 17.3 Å². The summed E-state index contributed by atoms with van der Waals surface area (Å²) in [5.74, 6) is -1.69. The van der Waals surface area contributed by atoms with Crippen LogP contribution in [0.2, 0.25) is 0 Å². The number of nitrogens with zero attached hydrogens (tertiary/aromatic N) is 1. The van der Waals surface area contributed by atoms with Crippen molar-refractivity contribution in [1.82, 2.24) is 4.90 Å². The van der Waals surface area contributed by atoms with Gasteiger partial charge in [0.2, 0.25) is 5.91 Å². The number of aliphatic carboxylic acids is 1. The number of carboxylic acids is 1. The molecule has 1 rings (SSSR count). The summed E-state index contributed by atoms with van der Waals surface area (Å²) in [6.07, 6.45) is 0.472. The first-order chi connectivity index (χ1) is 10.6. The van der Waals surface area contributed by atoms with Gasteiger partial charge in [0, 0.05) is 32.0 Å². The molecule has 1 atom stereocenters. The number of Topliss-reactive ketones (excluding diaryl/α,β-unsaturated/α-hetero) is 1. The largest absolute Gasteiger partial charge is 0.481 e. The SMILES string of the molecule is CC(CN(C)C(=O)CC(C)(C)CC(=O)c1ccccc1)C(=O)O. The second-order valence-corrected chi connectivity index (χ2v) is 6.82. The molecule has 1 unspecified atom stereocenters. The Balaban J connectivity index is 2.61. The van der Waals surface area contributed by atoms with E-state index in [1.165, 1.54) is 4.90 Å². The zero-order chi connectivity index (χ0) is 17.6. The molecule has 0 saturated carbocycles. The summed E-state index contributed by atoms with van der Waals surface area (Å²) in [5.41, 5.74) is 0.158. The molecular formula is C18H25NO4. The molecule has 0 saturated heterocycles. The molecule has 0 aliphatic heterocycles. The molecule has 0 fully saturated rings. The van der Waals surface area contributed by atoms with E-state index in [9.17, 15) is 14.4 Å². The van der Waals surface area contributed by atoms with Crippen molar-refractivity contribution in [3.05, 3.63) is 35.9 Å². The Morgan fingerprint density at radius 1 is 1.13 bits per heavy atom. The van der Waals surface area contributed by atoms with Crippen LogP contribution in [0.15, 0.2) is 30.3 Å². The Labute approximate surface area is 137 Å². The number of hydrogen-bond acceptors (Lipinski definition) is 3. The number of ketones is 1. The van der Waals surface area contributed by atoms with Gasteiger partial charge in [0.15, 0.2) is 5.78 Å². The highest BCUT2D eigenvalue weighted by molar-refractivity contribution is 5.96. The van der Waals surface area contributed by atoms with Gasteiger partial charge in [-0.3, -0.25) is 14.4 Å². The second-order valence-electron chi connectivity index (χ2n) is 6.82. The first-order valence-corrected chi connectivity index (χ1v) is 7.67. The Hall–Kier alpha value is -2.17. The summed E-state index contributed by atoms with van der Waals surface area (Å²) in [6, 6.07) is 9.00. The van der Waals surface area contributed by atoms with Crippen LogP contribution < -0.4 is 0 Å². The number of benzene rings is 1. The van der Waals surface area contributed by atoms with Crippen LogP contribution in [0.5, 0.6) is 0 Å². The summed E-state index contributed by atoms with van der Waals surface area (Å²) in [5, 5.41) is 8.91. The second kappa shape index (κ2) is 7.90. The van der Waals surface area contributed by atoms with Crippen molar-refractivity contribution >= 4 is 17.7 Å². The molecule has 1 aromatic rings. The van der Waals surface area contributed by atoms with Crippen LogP contribution >= 0.6 is 0 Å². The van der Waals surface area contributed by atoms with E-state index in [0.29, 0.717) is 5.56 Å². The molecule has 0 heterocycles. The molecule has 126 valence electrons. The molecule has 0 aliphatic carbocycles. The predicted molar refractivity (Wildman–Crippen MR) is 88.2 cm³/mol. The van der Waals surface area contributed by atoms with Gasteiger partial charge < -0.3 is 10.0 Å². The Kier molecular flexibility index (Phi) is 6.49. The fourth-order valence-corrected chi connectivity index (χ4v) is 2.36. The van der Waals surface area contributed by atoms with E-state index >= 15 is 0 Å². The Morgan fingerprint density at radius 2 is 1.70 bits per heavy atom. The van der Waals surface area contributed by atoms with Crippen molar-refractivity contribution in [1.29, 1.82) is 0 Å². The molecule has 0 radical (unpaired) electrons. The highest BCUT2D eigenvalue weighted by Crippen LogP contribution is 2.28. The topological polar surface area (TPSA) is 74.7 Å². The Morgan fingerprint density at radius 3 is 2.22 bits per heavy atom. The summed E-state index contributed by atoms with van der Waals surface area (Å²) in [7, 11) is 1.59. The van der Waals surface area contributed by atoms with E-state index in [2.05, 4.69) is 0 Å². The molecule has 0 bridgehead atoms. The normalized spacial score (nSPS) is 12.5. The van der Waals surface area contributed by atoms with Crippen LogP contribution in [0, 0.1) is 11.3 Å². The van der Waals surface area contributed by atoms with Gasteiger partial charge >= 0.3 is 5.97 Å². The van der Waals surface area contributed by atoms with Gasteiger partial charge in [0.1, 0.15) is 0 Å².